The van der Waals surface area contributed by atoms with Gasteiger partial charge in [0.25, 0.3) is 5.91 Å². The zero-order valence-electron chi connectivity index (χ0n) is 13.1. The lowest BCUT2D eigenvalue weighted by atomic mass is 10.1. The van der Waals surface area contributed by atoms with Crippen molar-refractivity contribution in [3.05, 3.63) is 23.8 Å². The van der Waals surface area contributed by atoms with Crippen molar-refractivity contribution < 1.29 is 9.53 Å². The van der Waals surface area contributed by atoms with Gasteiger partial charge in [0.1, 0.15) is 5.75 Å². The van der Waals surface area contributed by atoms with Crippen LogP contribution in [0.5, 0.6) is 5.75 Å². The number of benzene rings is 1. The molecule has 1 aliphatic rings. The number of hydrogen-bond acceptors (Lipinski definition) is 4. The van der Waals surface area contributed by atoms with Crippen molar-refractivity contribution in [1.82, 2.24) is 10.2 Å². The van der Waals surface area contributed by atoms with E-state index in [2.05, 4.69) is 36.4 Å². The van der Waals surface area contributed by atoms with Gasteiger partial charge in [-0.15, -0.1) is 0 Å². The molecule has 1 amide bonds. The van der Waals surface area contributed by atoms with E-state index in [0.717, 1.165) is 43.1 Å². The number of rotatable bonds is 7. The first-order valence-corrected chi connectivity index (χ1v) is 7.53. The molecule has 116 valence electrons. The third-order valence-electron chi connectivity index (χ3n) is 3.75. The van der Waals surface area contributed by atoms with Crippen LogP contribution in [0.25, 0.3) is 0 Å². The summed E-state index contributed by atoms with van der Waals surface area (Å²) in [7, 11) is 2.15. The van der Waals surface area contributed by atoms with Gasteiger partial charge < -0.3 is 20.3 Å². The number of anilines is 1. The maximum absolute atomic E-state index is 11.3. The van der Waals surface area contributed by atoms with Gasteiger partial charge in [-0.2, -0.15) is 0 Å². The molecule has 0 aromatic heterocycles. The third-order valence-corrected chi connectivity index (χ3v) is 3.75. The maximum atomic E-state index is 11.3. The van der Waals surface area contributed by atoms with Crippen LogP contribution in [0, 0.1) is 0 Å². The van der Waals surface area contributed by atoms with Gasteiger partial charge in [0, 0.05) is 12.6 Å². The lowest BCUT2D eigenvalue weighted by molar-refractivity contribution is -0.118. The molecule has 0 saturated carbocycles. The molecule has 0 spiro atoms. The van der Waals surface area contributed by atoms with Crippen LogP contribution >= 0.6 is 0 Å². The van der Waals surface area contributed by atoms with Crippen LogP contribution < -0.4 is 15.4 Å². The van der Waals surface area contributed by atoms with Crippen molar-refractivity contribution in [2.45, 2.75) is 32.9 Å². The van der Waals surface area contributed by atoms with Crippen LogP contribution in [-0.2, 0) is 11.3 Å². The quantitative estimate of drug-likeness (QED) is 0.753. The smallest absolute Gasteiger partial charge is 0.262 e. The minimum absolute atomic E-state index is 0.0932. The van der Waals surface area contributed by atoms with E-state index in [1.165, 1.54) is 0 Å². The van der Waals surface area contributed by atoms with Crippen LogP contribution in [-0.4, -0.2) is 43.6 Å². The summed E-state index contributed by atoms with van der Waals surface area (Å²) in [4.78, 5) is 13.6. The standard InChI is InChI=1S/C16H25N3O2/c1-12(2)19(3)8-4-7-17-10-13-5-6-15-14(9-13)18-16(20)11-21-15/h5-6,9,12,17H,4,7-8,10-11H2,1-3H3,(H,18,20). The minimum atomic E-state index is -0.0932. The second-order valence-corrected chi connectivity index (χ2v) is 5.77. The number of nitrogens with one attached hydrogen (secondary N) is 2. The average molecular weight is 291 g/mol. The molecule has 0 bridgehead atoms. The SMILES string of the molecule is CC(C)N(C)CCCNCc1ccc2c(c1)NC(=O)CO2. The summed E-state index contributed by atoms with van der Waals surface area (Å²) in [6.45, 7) is 7.39. The van der Waals surface area contributed by atoms with E-state index in [4.69, 9.17) is 4.74 Å². The van der Waals surface area contributed by atoms with E-state index in [1.807, 2.05) is 18.2 Å². The molecule has 1 heterocycles. The number of carbonyl (C=O) groups excluding carboxylic acids is 1. The van der Waals surface area contributed by atoms with Gasteiger partial charge in [-0.25, -0.2) is 0 Å². The zero-order chi connectivity index (χ0) is 15.2. The molecular formula is C16H25N3O2. The summed E-state index contributed by atoms with van der Waals surface area (Å²) < 4.78 is 5.34. The van der Waals surface area contributed by atoms with Crippen LogP contribution in [0.4, 0.5) is 5.69 Å². The summed E-state index contributed by atoms with van der Waals surface area (Å²) in [5, 5.41) is 6.26. The molecule has 0 saturated heterocycles. The Bertz CT molecular complexity index is 488. The Labute approximate surface area is 126 Å². The molecule has 0 aliphatic carbocycles. The second-order valence-electron chi connectivity index (χ2n) is 5.77. The molecule has 1 aliphatic heterocycles. The van der Waals surface area contributed by atoms with Crippen LogP contribution in [0.1, 0.15) is 25.8 Å². The highest BCUT2D eigenvalue weighted by Crippen LogP contribution is 2.28. The molecule has 0 fully saturated rings. The van der Waals surface area contributed by atoms with Crippen LogP contribution in [0.3, 0.4) is 0 Å². The van der Waals surface area contributed by atoms with E-state index in [0.29, 0.717) is 6.04 Å². The van der Waals surface area contributed by atoms with E-state index >= 15 is 0 Å². The van der Waals surface area contributed by atoms with E-state index < -0.39 is 0 Å². The number of ether oxygens (including phenoxy) is 1. The molecule has 5 nitrogen and oxygen atoms in total. The van der Waals surface area contributed by atoms with Crippen LogP contribution in [0.15, 0.2) is 18.2 Å². The van der Waals surface area contributed by atoms with Gasteiger partial charge in [0.15, 0.2) is 6.61 Å². The first-order valence-electron chi connectivity index (χ1n) is 7.53. The van der Waals surface area contributed by atoms with Crippen molar-refractivity contribution in [3.63, 3.8) is 0 Å². The van der Waals surface area contributed by atoms with Gasteiger partial charge in [-0.05, 0) is 58.1 Å². The van der Waals surface area contributed by atoms with E-state index in [1.54, 1.807) is 0 Å². The number of nitrogens with zero attached hydrogens (tertiary/aromatic N) is 1. The summed E-state index contributed by atoms with van der Waals surface area (Å²) in [6, 6.07) is 6.51. The number of carbonyl (C=O) groups is 1. The fourth-order valence-corrected chi connectivity index (χ4v) is 2.18. The van der Waals surface area contributed by atoms with Gasteiger partial charge in [0.2, 0.25) is 0 Å². The molecular weight excluding hydrogens is 266 g/mol. The van der Waals surface area contributed by atoms with E-state index in [-0.39, 0.29) is 12.5 Å². The molecule has 0 unspecified atom stereocenters. The Hall–Kier alpha value is -1.59. The molecule has 2 N–H and O–H groups in total. The highest BCUT2D eigenvalue weighted by Gasteiger charge is 2.15. The number of fused-ring (bicyclic) bond motifs is 1. The number of amides is 1. The number of hydrogen-bond donors (Lipinski definition) is 2. The lowest BCUT2D eigenvalue weighted by Crippen LogP contribution is -2.29. The fourth-order valence-electron chi connectivity index (χ4n) is 2.18. The Balaban J connectivity index is 1.74. The van der Waals surface area contributed by atoms with Crippen molar-refractivity contribution in [2.75, 3.05) is 32.1 Å². The third kappa shape index (κ3) is 4.72. The molecule has 2 rings (SSSR count). The first-order chi connectivity index (χ1) is 10.1. The topological polar surface area (TPSA) is 53.6 Å². The van der Waals surface area contributed by atoms with Crippen molar-refractivity contribution in [2.24, 2.45) is 0 Å². The molecule has 1 aromatic carbocycles. The second kappa shape index (κ2) is 7.43. The molecule has 1 aromatic rings. The van der Waals surface area contributed by atoms with Gasteiger partial charge >= 0.3 is 0 Å². The Morgan fingerprint density at radius 1 is 1.43 bits per heavy atom. The van der Waals surface area contributed by atoms with Crippen molar-refractivity contribution >= 4 is 11.6 Å². The monoisotopic (exact) mass is 291 g/mol. The maximum Gasteiger partial charge on any atom is 0.262 e. The van der Waals surface area contributed by atoms with Gasteiger partial charge in [-0.1, -0.05) is 6.07 Å². The Kier molecular flexibility index (Phi) is 5.59. The van der Waals surface area contributed by atoms with Crippen molar-refractivity contribution in [3.8, 4) is 5.75 Å². The summed E-state index contributed by atoms with van der Waals surface area (Å²) in [5.74, 6) is 0.654. The average Bonchev–Trinajstić information content (AvgIpc) is 2.46. The van der Waals surface area contributed by atoms with Crippen LogP contribution in [0.2, 0.25) is 0 Å². The Morgan fingerprint density at radius 3 is 3.00 bits per heavy atom. The summed E-state index contributed by atoms with van der Waals surface area (Å²) in [6.07, 6.45) is 1.12. The zero-order valence-corrected chi connectivity index (χ0v) is 13.1. The predicted octanol–water partition coefficient (Wildman–Crippen LogP) is 1.84. The fraction of sp³-hybridized carbons (Fsp3) is 0.562. The molecule has 0 radical (unpaired) electrons. The molecule has 5 heteroatoms. The van der Waals surface area contributed by atoms with E-state index in [9.17, 15) is 4.79 Å². The van der Waals surface area contributed by atoms with Gasteiger partial charge in [0.05, 0.1) is 5.69 Å². The lowest BCUT2D eigenvalue weighted by Gasteiger charge is -2.21. The largest absolute Gasteiger partial charge is 0.482 e. The normalized spacial score (nSPS) is 14.0. The molecule has 21 heavy (non-hydrogen) atoms. The minimum Gasteiger partial charge on any atom is -0.482 e. The van der Waals surface area contributed by atoms with Gasteiger partial charge in [-0.3, -0.25) is 4.79 Å². The summed E-state index contributed by atoms with van der Waals surface area (Å²) >= 11 is 0. The first kappa shape index (κ1) is 15.8. The highest BCUT2D eigenvalue weighted by molar-refractivity contribution is 5.95. The summed E-state index contributed by atoms with van der Waals surface area (Å²) in [5.41, 5.74) is 1.92. The highest BCUT2D eigenvalue weighted by atomic mass is 16.5. The molecule has 0 atom stereocenters. The Morgan fingerprint density at radius 2 is 2.24 bits per heavy atom. The predicted molar refractivity (Wildman–Crippen MR) is 84.7 cm³/mol. The van der Waals surface area contributed by atoms with Crippen molar-refractivity contribution in [1.29, 1.82) is 0 Å².